The van der Waals surface area contributed by atoms with Gasteiger partial charge in [0.2, 0.25) is 0 Å². The molecule has 0 unspecified atom stereocenters. The number of hydrogen-bond donors (Lipinski definition) is 2. The summed E-state index contributed by atoms with van der Waals surface area (Å²) in [5.41, 5.74) is 0.133. The fourth-order valence-corrected chi connectivity index (χ4v) is 2.92. The fraction of sp³-hybridized carbons (Fsp3) is 1.00. The summed E-state index contributed by atoms with van der Waals surface area (Å²) in [5, 5.41) is 19.3. The molecule has 0 aromatic carbocycles. The van der Waals surface area contributed by atoms with Crippen LogP contribution in [0.15, 0.2) is 0 Å². The zero-order chi connectivity index (χ0) is 13.4. The predicted octanol–water partition coefficient (Wildman–Crippen LogP) is 2.41. The normalized spacial score (nSPS) is 35.3. The van der Waals surface area contributed by atoms with E-state index in [0.717, 1.165) is 6.42 Å². The second-order valence-corrected chi connectivity index (χ2v) is 7.04. The molecule has 0 aromatic rings. The molecule has 3 nitrogen and oxygen atoms in total. The largest absolute Gasteiger partial charge is 0.396 e. The summed E-state index contributed by atoms with van der Waals surface area (Å²) in [6, 6.07) is 0. The van der Waals surface area contributed by atoms with Gasteiger partial charge in [0, 0.05) is 6.61 Å². The Bertz CT molecular complexity index is 249. The lowest BCUT2D eigenvalue weighted by Crippen LogP contribution is -2.39. The lowest BCUT2D eigenvalue weighted by molar-refractivity contribution is -0.227. The highest BCUT2D eigenvalue weighted by atomic mass is 16.6. The Morgan fingerprint density at radius 1 is 1.18 bits per heavy atom. The van der Waals surface area contributed by atoms with Crippen molar-refractivity contribution in [3.8, 4) is 0 Å². The maximum absolute atomic E-state index is 9.85. The molecule has 1 aliphatic rings. The monoisotopic (exact) mass is 244 g/mol. The number of aliphatic hydroxyl groups excluding tert-OH is 1. The third-order valence-electron chi connectivity index (χ3n) is 3.99. The predicted molar refractivity (Wildman–Crippen MR) is 68.5 cm³/mol. The van der Waals surface area contributed by atoms with Crippen LogP contribution in [-0.4, -0.2) is 28.7 Å². The van der Waals surface area contributed by atoms with E-state index in [1.165, 1.54) is 0 Å². The Balaban J connectivity index is 2.88. The van der Waals surface area contributed by atoms with Gasteiger partial charge >= 0.3 is 0 Å². The van der Waals surface area contributed by atoms with Crippen molar-refractivity contribution in [2.75, 3.05) is 6.61 Å². The lowest BCUT2D eigenvalue weighted by atomic mass is 9.77. The van der Waals surface area contributed by atoms with E-state index in [2.05, 4.69) is 27.7 Å². The highest BCUT2D eigenvalue weighted by Crippen LogP contribution is 2.47. The first-order valence-corrected chi connectivity index (χ1v) is 6.57. The zero-order valence-corrected chi connectivity index (χ0v) is 12.0. The van der Waals surface area contributed by atoms with Gasteiger partial charge in [0.05, 0.1) is 6.10 Å². The van der Waals surface area contributed by atoms with Gasteiger partial charge in [-0.15, -0.1) is 0 Å². The summed E-state index contributed by atoms with van der Waals surface area (Å²) in [6.45, 7) is 12.3. The summed E-state index contributed by atoms with van der Waals surface area (Å²) in [5.74, 6) is -0.157. The van der Waals surface area contributed by atoms with Crippen molar-refractivity contribution in [1.29, 1.82) is 0 Å². The molecule has 1 aliphatic carbocycles. The summed E-state index contributed by atoms with van der Waals surface area (Å²) >= 11 is 0. The van der Waals surface area contributed by atoms with E-state index in [0.29, 0.717) is 5.92 Å². The van der Waals surface area contributed by atoms with Gasteiger partial charge in [-0.05, 0) is 43.4 Å². The van der Waals surface area contributed by atoms with Gasteiger partial charge in [-0.2, -0.15) is 0 Å². The molecule has 0 aliphatic heterocycles. The molecule has 4 atom stereocenters. The molecular weight excluding hydrogens is 216 g/mol. The molecule has 0 spiro atoms. The van der Waals surface area contributed by atoms with Crippen molar-refractivity contribution >= 4 is 0 Å². The van der Waals surface area contributed by atoms with Crippen LogP contribution in [0.5, 0.6) is 0 Å². The minimum atomic E-state index is -1.10. The highest BCUT2D eigenvalue weighted by Gasteiger charge is 2.47. The van der Waals surface area contributed by atoms with E-state index < -0.39 is 5.79 Å². The zero-order valence-electron chi connectivity index (χ0n) is 12.0. The van der Waals surface area contributed by atoms with E-state index in [4.69, 9.17) is 4.74 Å². The van der Waals surface area contributed by atoms with Crippen LogP contribution in [-0.2, 0) is 4.74 Å². The van der Waals surface area contributed by atoms with E-state index in [-0.39, 0.29) is 30.0 Å². The maximum atomic E-state index is 9.85. The lowest BCUT2D eigenvalue weighted by Gasteiger charge is -2.36. The Morgan fingerprint density at radius 2 is 1.71 bits per heavy atom. The third-order valence-corrected chi connectivity index (χ3v) is 3.99. The number of hydrogen-bond acceptors (Lipinski definition) is 3. The quantitative estimate of drug-likeness (QED) is 0.750. The highest BCUT2D eigenvalue weighted by molar-refractivity contribution is 4.95. The van der Waals surface area contributed by atoms with Crippen LogP contribution in [0.2, 0.25) is 0 Å². The van der Waals surface area contributed by atoms with Crippen LogP contribution in [0, 0.1) is 23.2 Å². The smallest absolute Gasteiger partial charge is 0.160 e. The fourth-order valence-electron chi connectivity index (χ4n) is 2.92. The van der Waals surface area contributed by atoms with Crippen LogP contribution in [0.3, 0.4) is 0 Å². The summed E-state index contributed by atoms with van der Waals surface area (Å²) in [7, 11) is 0. The first-order chi connectivity index (χ1) is 7.56. The van der Waals surface area contributed by atoms with E-state index in [1.807, 2.05) is 0 Å². The molecule has 0 amide bonds. The van der Waals surface area contributed by atoms with Crippen molar-refractivity contribution in [2.24, 2.45) is 23.2 Å². The van der Waals surface area contributed by atoms with Crippen molar-refractivity contribution in [3.63, 3.8) is 0 Å². The van der Waals surface area contributed by atoms with E-state index in [1.54, 1.807) is 13.8 Å². The number of aliphatic hydroxyl groups is 2. The third kappa shape index (κ3) is 3.67. The van der Waals surface area contributed by atoms with Crippen LogP contribution >= 0.6 is 0 Å². The molecule has 102 valence electrons. The first-order valence-electron chi connectivity index (χ1n) is 6.57. The van der Waals surface area contributed by atoms with Gasteiger partial charge in [0.1, 0.15) is 0 Å². The van der Waals surface area contributed by atoms with Gasteiger partial charge in [-0.1, -0.05) is 27.7 Å². The molecule has 3 heteroatoms. The van der Waals surface area contributed by atoms with Gasteiger partial charge in [0.25, 0.3) is 0 Å². The molecule has 2 N–H and O–H groups in total. The minimum absolute atomic E-state index is 0.0205. The standard InChI is InChI=1S/C14H28O3/c1-9-10(8-15)7-11(13(2,3)4)12(9)17-14(5,6)16/h9-12,15-16H,7-8H2,1-6H3/t9-,10-,11-,12-/m1/s1. The molecule has 0 radical (unpaired) electrons. The SMILES string of the molecule is C[C@@H]1[C@@H](CO)C[C@@H](C(C)(C)C)[C@@H]1OC(C)(C)O. The van der Waals surface area contributed by atoms with Gasteiger partial charge in [-0.3, -0.25) is 0 Å². The Hall–Kier alpha value is -0.120. The van der Waals surface area contributed by atoms with Gasteiger partial charge < -0.3 is 14.9 Å². The molecule has 1 rings (SSSR count). The Morgan fingerprint density at radius 3 is 2.06 bits per heavy atom. The van der Waals surface area contributed by atoms with Crippen molar-refractivity contribution in [1.82, 2.24) is 0 Å². The van der Waals surface area contributed by atoms with Gasteiger partial charge in [0.15, 0.2) is 5.79 Å². The molecular formula is C14H28O3. The van der Waals surface area contributed by atoms with E-state index in [9.17, 15) is 10.2 Å². The van der Waals surface area contributed by atoms with Crippen molar-refractivity contribution < 1.29 is 14.9 Å². The molecule has 0 saturated heterocycles. The van der Waals surface area contributed by atoms with Crippen molar-refractivity contribution in [2.45, 2.75) is 59.9 Å². The van der Waals surface area contributed by atoms with Crippen LogP contribution in [0.25, 0.3) is 0 Å². The Labute approximate surface area is 105 Å². The number of ether oxygens (including phenoxy) is 1. The minimum Gasteiger partial charge on any atom is -0.396 e. The molecule has 0 bridgehead atoms. The molecule has 0 aromatic heterocycles. The van der Waals surface area contributed by atoms with Crippen molar-refractivity contribution in [3.05, 3.63) is 0 Å². The topological polar surface area (TPSA) is 49.7 Å². The molecule has 0 heterocycles. The maximum Gasteiger partial charge on any atom is 0.160 e. The second kappa shape index (κ2) is 4.87. The van der Waals surface area contributed by atoms with Crippen LogP contribution in [0.1, 0.15) is 48.0 Å². The Kier molecular flexibility index (Phi) is 4.28. The number of rotatable bonds is 3. The molecule has 1 fully saturated rings. The van der Waals surface area contributed by atoms with Crippen LogP contribution < -0.4 is 0 Å². The summed E-state index contributed by atoms with van der Waals surface area (Å²) < 4.78 is 5.83. The second-order valence-electron chi connectivity index (χ2n) is 7.04. The average Bonchev–Trinajstić information content (AvgIpc) is 2.41. The first kappa shape index (κ1) is 14.9. The molecule has 17 heavy (non-hydrogen) atoms. The van der Waals surface area contributed by atoms with Gasteiger partial charge in [-0.25, -0.2) is 0 Å². The average molecular weight is 244 g/mol. The molecule has 1 saturated carbocycles. The van der Waals surface area contributed by atoms with Crippen LogP contribution in [0.4, 0.5) is 0 Å². The summed E-state index contributed by atoms with van der Waals surface area (Å²) in [4.78, 5) is 0. The van der Waals surface area contributed by atoms with E-state index >= 15 is 0 Å². The summed E-state index contributed by atoms with van der Waals surface area (Å²) in [6.07, 6.45) is 0.995.